The Bertz CT molecular complexity index is 319. The third kappa shape index (κ3) is 2.64. The summed E-state index contributed by atoms with van der Waals surface area (Å²) in [6, 6.07) is 0.484. The SMILES string of the molecule is FC(F)(F)C1(NC2CCCC2C2CCCCN2)CC1. The van der Waals surface area contributed by atoms with Crippen molar-refractivity contribution in [2.75, 3.05) is 6.54 Å². The van der Waals surface area contributed by atoms with Gasteiger partial charge in [0, 0.05) is 12.1 Å². The first-order valence-electron chi connectivity index (χ1n) is 7.60. The summed E-state index contributed by atoms with van der Waals surface area (Å²) in [5.74, 6) is 0.389. The summed E-state index contributed by atoms with van der Waals surface area (Å²) in [5, 5.41) is 6.50. The lowest BCUT2D eigenvalue weighted by molar-refractivity contribution is -0.168. The molecule has 2 nitrogen and oxygen atoms in total. The topological polar surface area (TPSA) is 24.1 Å². The minimum Gasteiger partial charge on any atom is -0.314 e. The molecule has 0 aromatic rings. The predicted molar refractivity (Wildman–Crippen MR) is 67.9 cm³/mol. The normalized spacial score (nSPS) is 38.4. The maximum atomic E-state index is 13.0. The van der Waals surface area contributed by atoms with Crippen molar-refractivity contribution < 1.29 is 13.2 Å². The van der Waals surface area contributed by atoms with Crippen LogP contribution in [0.2, 0.25) is 0 Å². The highest BCUT2D eigenvalue weighted by Crippen LogP contribution is 2.50. The third-order valence-electron chi connectivity index (χ3n) is 5.19. The maximum absolute atomic E-state index is 13.0. The number of rotatable bonds is 3. The van der Waals surface area contributed by atoms with Crippen molar-refractivity contribution in [1.29, 1.82) is 0 Å². The summed E-state index contributed by atoms with van der Waals surface area (Å²) in [6.45, 7) is 1.03. The second-order valence-electron chi connectivity index (χ2n) is 6.48. The number of piperidine rings is 1. The smallest absolute Gasteiger partial charge is 0.314 e. The molecule has 0 spiro atoms. The first-order chi connectivity index (χ1) is 9.02. The van der Waals surface area contributed by atoms with Gasteiger partial charge in [-0.2, -0.15) is 13.2 Å². The number of hydrogen-bond acceptors (Lipinski definition) is 2. The Kier molecular flexibility index (Phi) is 3.54. The van der Waals surface area contributed by atoms with Crippen LogP contribution in [0.1, 0.15) is 51.4 Å². The zero-order chi connectivity index (χ0) is 13.5. The van der Waals surface area contributed by atoms with Gasteiger partial charge in [-0.15, -0.1) is 0 Å². The molecule has 19 heavy (non-hydrogen) atoms. The van der Waals surface area contributed by atoms with E-state index in [9.17, 15) is 13.2 Å². The largest absolute Gasteiger partial charge is 0.406 e. The Morgan fingerprint density at radius 1 is 1.00 bits per heavy atom. The van der Waals surface area contributed by atoms with Crippen molar-refractivity contribution in [2.24, 2.45) is 5.92 Å². The van der Waals surface area contributed by atoms with E-state index in [-0.39, 0.29) is 18.9 Å². The van der Waals surface area contributed by atoms with E-state index in [0.717, 1.165) is 32.2 Å². The fraction of sp³-hybridized carbons (Fsp3) is 1.00. The molecule has 3 unspecified atom stereocenters. The molecule has 2 aliphatic carbocycles. The van der Waals surface area contributed by atoms with Crippen LogP contribution in [0.5, 0.6) is 0 Å². The second kappa shape index (κ2) is 4.92. The van der Waals surface area contributed by atoms with Crippen LogP contribution in [0.15, 0.2) is 0 Å². The minimum atomic E-state index is -4.08. The monoisotopic (exact) mass is 276 g/mol. The average Bonchev–Trinajstić information content (AvgIpc) is 3.02. The van der Waals surface area contributed by atoms with Gasteiger partial charge in [-0.25, -0.2) is 0 Å². The van der Waals surface area contributed by atoms with E-state index in [1.54, 1.807) is 0 Å². The van der Waals surface area contributed by atoms with Crippen LogP contribution in [0.4, 0.5) is 13.2 Å². The van der Waals surface area contributed by atoms with Gasteiger partial charge in [0.25, 0.3) is 0 Å². The molecule has 1 heterocycles. The Hall–Kier alpha value is -0.290. The zero-order valence-electron chi connectivity index (χ0n) is 11.2. The molecule has 2 saturated carbocycles. The number of alkyl halides is 3. The molecule has 5 heteroatoms. The van der Waals surface area contributed by atoms with Crippen LogP contribution in [0, 0.1) is 5.92 Å². The van der Waals surface area contributed by atoms with Crippen molar-refractivity contribution in [3.63, 3.8) is 0 Å². The zero-order valence-corrected chi connectivity index (χ0v) is 11.2. The van der Waals surface area contributed by atoms with Gasteiger partial charge >= 0.3 is 6.18 Å². The van der Waals surface area contributed by atoms with Gasteiger partial charge in [0.2, 0.25) is 0 Å². The lowest BCUT2D eigenvalue weighted by Gasteiger charge is -2.35. The van der Waals surface area contributed by atoms with Gasteiger partial charge in [-0.3, -0.25) is 0 Å². The highest BCUT2D eigenvalue weighted by molar-refractivity contribution is 5.10. The van der Waals surface area contributed by atoms with Crippen molar-refractivity contribution in [2.45, 2.75) is 75.2 Å². The first kappa shape index (κ1) is 13.7. The Morgan fingerprint density at radius 3 is 2.37 bits per heavy atom. The predicted octanol–water partition coefficient (Wildman–Crippen LogP) is 2.98. The van der Waals surface area contributed by atoms with Crippen molar-refractivity contribution in [3.8, 4) is 0 Å². The lowest BCUT2D eigenvalue weighted by atomic mass is 9.88. The van der Waals surface area contributed by atoms with Gasteiger partial charge in [-0.1, -0.05) is 12.8 Å². The standard InChI is InChI=1S/C14H23F3N2/c15-14(16,17)13(7-8-13)19-12-6-3-4-10(12)11-5-1-2-9-18-11/h10-12,18-19H,1-9H2. The average molecular weight is 276 g/mol. The van der Waals surface area contributed by atoms with Gasteiger partial charge in [0.05, 0.1) is 0 Å². The molecule has 0 bridgehead atoms. The third-order valence-corrected chi connectivity index (χ3v) is 5.19. The molecule has 2 N–H and O–H groups in total. The highest BCUT2D eigenvalue weighted by atomic mass is 19.4. The van der Waals surface area contributed by atoms with E-state index in [1.165, 1.54) is 12.8 Å². The number of halogens is 3. The fourth-order valence-electron chi connectivity index (χ4n) is 3.88. The molecule has 0 aromatic carbocycles. The van der Waals surface area contributed by atoms with Crippen LogP contribution in [0.25, 0.3) is 0 Å². The quantitative estimate of drug-likeness (QED) is 0.828. The first-order valence-corrected chi connectivity index (χ1v) is 7.60. The van der Waals surface area contributed by atoms with E-state index < -0.39 is 11.7 Å². The van der Waals surface area contributed by atoms with Crippen LogP contribution < -0.4 is 10.6 Å². The Labute approximate surface area is 112 Å². The van der Waals surface area contributed by atoms with E-state index in [1.807, 2.05) is 0 Å². The van der Waals surface area contributed by atoms with E-state index in [0.29, 0.717) is 12.0 Å². The summed E-state index contributed by atoms with van der Waals surface area (Å²) in [4.78, 5) is 0. The van der Waals surface area contributed by atoms with E-state index in [4.69, 9.17) is 0 Å². The molecule has 0 amide bonds. The fourth-order valence-corrected chi connectivity index (χ4v) is 3.88. The molecule has 1 saturated heterocycles. The van der Waals surface area contributed by atoms with Crippen LogP contribution in [-0.2, 0) is 0 Å². The van der Waals surface area contributed by atoms with Crippen molar-refractivity contribution in [1.82, 2.24) is 10.6 Å². The van der Waals surface area contributed by atoms with Crippen LogP contribution in [0.3, 0.4) is 0 Å². The number of hydrogen-bond donors (Lipinski definition) is 2. The van der Waals surface area contributed by atoms with Crippen molar-refractivity contribution >= 4 is 0 Å². The summed E-state index contributed by atoms with van der Waals surface area (Å²) in [6.07, 6.45) is 3.02. The molecule has 3 atom stereocenters. The van der Waals surface area contributed by atoms with E-state index >= 15 is 0 Å². The molecular formula is C14H23F3N2. The van der Waals surface area contributed by atoms with Crippen LogP contribution in [-0.4, -0.2) is 30.3 Å². The second-order valence-corrected chi connectivity index (χ2v) is 6.48. The van der Waals surface area contributed by atoms with Gasteiger partial charge in [0.15, 0.2) is 0 Å². The summed E-state index contributed by atoms with van der Waals surface area (Å²) in [5.41, 5.74) is -1.55. The van der Waals surface area contributed by atoms with Gasteiger partial charge < -0.3 is 10.6 Å². The molecule has 0 radical (unpaired) electrons. The van der Waals surface area contributed by atoms with Crippen molar-refractivity contribution in [3.05, 3.63) is 0 Å². The summed E-state index contributed by atoms with van der Waals surface area (Å²) < 4.78 is 39.1. The molecule has 3 rings (SSSR count). The summed E-state index contributed by atoms with van der Waals surface area (Å²) in [7, 11) is 0. The van der Waals surface area contributed by atoms with Gasteiger partial charge in [0.1, 0.15) is 5.54 Å². The highest BCUT2D eigenvalue weighted by Gasteiger charge is 2.64. The Morgan fingerprint density at radius 2 is 1.79 bits per heavy atom. The minimum absolute atomic E-state index is 0.0553. The molecular weight excluding hydrogens is 253 g/mol. The maximum Gasteiger partial charge on any atom is 0.406 e. The lowest BCUT2D eigenvalue weighted by Crippen LogP contribution is -2.54. The summed E-state index contributed by atoms with van der Waals surface area (Å²) >= 11 is 0. The van der Waals surface area contributed by atoms with E-state index in [2.05, 4.69) is 10.6 Å². The molecule has 0 aromatic heterocycles. The molecule has 3 fully saturated rings. The Balaban J connectivity index is 1.63. The molecule has 1 aliphatic heterocycles. The van der Waals surface area contributed by atoms with Crippen LogP contribution >= 0.6 is 0 Å². The molecule has 3 aliphatic rings. The number of nitrogens with one attached hydrogen (secondary N) is 2. The van der Waals surface area contributed by atoms with Gasteiger partial charge in [-0.05, 0) is 51.0 Å². The molecule has 110 valence electrons.